The molecule has 0 aromatic heterocycles. The first kappa shape index (κ1) is 15.1. The molecule has 0 saturated carbocycles. The van der Waals surface area contributed by atoms with Crippen LogP contribution in [0.15, 0.2) is 18.2 Å². The average molecular weight is 299 g/mol. The molecular formula is C14H21NO4S. The summed E-state index contributed by atoms with van der Waals surface area (Å²) in [5.41, 5.74) is 0.799. The second-order valence-electron chi connectivity index (χ2n) is 5.07. The Bertz CT molecular complexity index is 542. The quantitative estimate of drug-likeness (QED) is 0.890. The van der Waals surface area contributed by atoms with Crippen LogP contribution in [0.2, 0.25) is 0 Å². The van der Waals surface area contributed by atoms with Crippen molar-refractivity contribution >= 4 is 9.84 Å². The maximum atomic E-state index is 11.4. The lowest BCUT2D eigenvalue weighted by Crippen LogP contribution is -2.39. The van der Waals surface area contributed by atoms with E-state index in [9.17, 15) is 13.5 Å². The van der Waals surface area contributed by atoms with E-state index >= 15 is 0 Å². The molecule has 0 bridgehead atoms. The summed E-state index contributed by atoms with van der Waals surface area (Å²) in [5.74, 6) is 1.26. The molecule has 1 aromatic rings. The smallest absolute Gasteiger partial charge is 0.152 e. The van der Waals surface area contributed by atoms with Crippen LogP contribution >= 0.6 is 0 Å². The Hall–Kier alpha value is -1.27. The summed E-state index contributed by atoms with van der Waals surface area (Å²) in [7, 11) is -2.86. The molecule has 20 heavy (non-hydrogen) atoms. The lowest BCUT2D eigenvalue weighted by atomic mass is 10.1. The highest BCUT2D eigenvalue weighted by atomic mass is 32.2. The van der Waals surface area contributed by atoms with Crippen molar-refractivity contribution in [2.45, 2.75) is 19.9 Å². The number of phenolic OH excluding ortho intramolecular Hbond substituents is 1. The molecule has 0 spiro atoms. The van der Waals surface area contributed by atoms with Crippen LogP contribution < -0.4 is 4.74 Å². The van der Waals surface area contributed by atoms with Crippen molar-refractivity contribution in [3.8, 4) is 11.5 Å². The van der Waals surface area contributed by atoms with Gasteiger partial charge in [-0.25, -0.2) is 8.42 Å². The van der Waals surface area contributed by atoms with Crippen LogP contribution in [-0.2, 0) is 16.4 Å². The number of sulfone groups is 1. The van der Waals surface area contributed by atoms with Gasteiger partial charge >= 0.3 is 0 Å². The average Bonchev–Trinajstić information content (AvgIpc) is 2.41. The first-order chi connectivity index (χ1) is 9.50. The number of nitrogens with zero attached hydrogens (tertiary/aromatic N) is 1. The highest BCUT2D eigenvalue weighted by Crippen LogP contribution is 2.25. The van der Waals surface area contributed by atoms with E-state index in [1.165, 1.54) is 0 Å². The van der Waals surface area contributed by atoms with Gasteiger partial charge in [-0.15, -0.1) is 0 Å². The van der Waals surface area contributed by atoms with Gasteiger partial charge in [-0.05, 0) is 12.5 Å². The molecule has 1 heterocycles. The molecule has 5 nitrogen and oxygen atoms in total. The fraction of sp³-hybridized carbons (Fsp3) is 0.571. The minimum atomic E-state index is -2.86. The van der Waals surface area contributed by atoms with Crippen molar-refractivity contribution in [2.24, 2.45) is 0 Å². The van der Waals surface area contributed by atoms with Gasteiger partial charge in [-0.2, -0.15) is 0 Å². The van der Waals surface area contributed by atoms with Crippen LogP contribution in [0, 0.1) is 0 Å². The first-order valence-corrected chi connectivity index (χ1v) is 8.70. The van der Waals surface area contributed by atoms with Gasteiger partial charge in [-0.1, -0.05) is 13.0 Å². The van der Waals surface area contributed by atoms with Crippen LogP contribution in [0.3, 0.4) is 0 Å². The fourth-order valence-corrected chi connectivity index (χ4v) is 3.41. The van der Waals surface area contributed by atoms with E-state index in [1.54, 1.807) is 6.07 Å². The molecule has 0 unspecified atom stereocenters. The molecule has 0 amide bonds. The third kappa shape index (κ3) is 4.11. The van der Waals surface area contributed by atoms with Crippen LogP contribution in [0.4, 0.5) is 0 Å². The van der Waals surface area contributed by atoms with Gasteiger partial charge in [0.1, 0.15) is 11.5 Å². The Balaban J connectivity index is 1.96. The summed E-state index contributed by atoms with van der Waals surface area (Å²) in [5, 5.41) is 10.00. The van der Waals surface area contributed by atoms with Crippen LogP contribution in [0.1, 0.15) is 18.9 Å². The summed E-state index contributed by atoms with van der Waals surface area (Å²) in [6.45, 7) is 4.27. The number of rotatable bonds is 5. The van der Waals surface area contributed by atoms with Crippen LogP contribution in [0.5, 0.6) is 11.5 Å². The SMILES string of the molecule is CCCOc1ccc(CN2CCS(=O)(=O)CC2)c(O)c1. The predicted molar refractivity (Wildman–Crippen MR) is 77.8 cm³/mol. The number of phenols is 1. The topological polar surface area (TPSA) is 66.8 Å². The molecule has 1 saturated heterocycles. The van der Waals surface area contributed by atoms with E-state index in [-0.39, 0.29) is 17.3 Å². The molecule has 0 atom stereocenters. The molecule has 0 aliphatic carbocycles. The summed E-state index contributed by atoms with van der Waals surface area (Å²) in [4.78, 5) is 2.04. The first-order valence-electron chi connectivity index (χ1n) is 6.87. The Labute approximate surface area is 120 Å². The Morgan fingerprint density at radius 3 is 2.60 bits per heavy atom. The molecule has 0 radical (unpaired) electrons. The largest absolute Gasteiger partial charge is 0.507 e. The van der Waals surface area contributed by atoms with E-state index in [1.807, 2.05) is 24.0 Å². The lowest BCUT2D eigenvalue weighted by molar-refractivity contribution is 0.282. The van der Waals surface area contributed by atoms with E-state index < -0.39 is 9.84 Å². The van der Waals surface area contributed by atoms with Crippen molar-refractivity contribution in [1.29, 1.82) is 0 Å². The zero-order chi connectivity index (χ0) is 14.6. The molecule has 1 fully saturated rings. The van der Waals surface area contributed by atoms with E-state index in [4.69, 9.17) is 4.74 Å². The third-order valence-corrected chi connectivity index (χ3v) is 4.97. The summed E-state index contributed by atoms with van der Waals surface area (Å²) in [6.07, 6.45) is 0.921. The highest BCUT2D eigenvalue weighted by Gasteiger charge is 2.22. The second-order valence-corrected chi connectivity index (χ2v) is 7.37. The monoisotopic (exact) mass is 299 g/mol. The van der Waals surface area contributed by atoms with Crippen molar-refractivity contribution < 1.29 is 18.3 Å². The molecule has 1 aliphatic rings. The molecular weight excluding hydrogens is 278 g/mol. The second kappa shape index (κ2) is 6.45. The zero-order valence-electron chi connectivity index (χ0n) is 11.7. The predicted octanol–water partition coefficient (Wildman–Crippen LogP) is 1.41. The standard InChI is InChI=1S/C14H21NO4S/c1-2-7-19-13-4-3-12(14(16)10-13)11-15-5-8-20(17,18)9-6-15/h3-4,10,16H,2,5-9,11H2,1H3. The Morgan fingerprint density at radius 2 is 2.00 bits per heavy atom. The van der Waals surface area contributed by atoms with Gasteiger partial charge in [0.25, 0.3) is 0 Å². The number of hydrogen-bond acceptors (Lipinski definition) is 5. The molecule has 6 heteroatoms. The maximum absolute atomic E-state index is 11.4. The van der Waals surface area contributed by atoms with Crippen molar-refractivity contribution in [3.63, 3.8) is 0 Å². The Kier molecular flexibility index (Phi) is 4.88. The van der Waals surface area contributed by atoms with Gasteiger partial charge in [-0.3, -0.25) is 4.90 Å². The summed E-state index contributed by atoms with van der Waals surface area (Å²) in [6, 6.07) is 5.29. The van der Waals surface area contributed by atoms with Gasteiger partial charge in [0.15, 0.2) is 9.84 Å². The van der Waals surface area contributed by atoms with Gasteiger partial charge in [0.2, 0.25) is 0 Å². The maximum Gasteiger partial charge on any atom is 0.152 e. The zero-order valence-corrected chi connectivity index (χ0v) is 12.5. The summed E-state index contributed by atoms with van der Waals surface area (Å²) >= 11 is 0. The number of benzene rings is 1. The molecule has 1 aromatic carbocycles. The normalized spacial score (nSPS) is 18.9. The molecule has 1 aliphatic heterocycles. The van der Waals surface area contributed by atoms with E-state index in [2.05, 4.69) is 0 Å². The third-order valence-electron chi connectivity index (χ3n) is 3.36. The van der Waals surface area contributed by atoms with E-state index in [0.29, 0.717) is 32.0 Å². The fourth-order valence-electron chi connectivity index (χ4n) is 2.14. The van der Waals surface area contributed by atoms with Gasteiger partial charge < -0.3 is 9.84 Å². The molecule has 1 N–H and O–H groups in total. The van der Waals surface area contributed by atoms with Crippen LogP contribution in [-0.4, -0.2) is 49.6 Å². The Morgan fingerprint density at radius 1 is 1.30 bits per heavy atom. The lowest BCUT2D eigenvalue weighted by Gasteiger charge is -2.26. The minimum absolute atomic E-state index is 0.200. The number of ether oxygens (including phenoxy) is 1. The highest BCUT2D eigenvalue weighted by molar-refractivity contribution is 7.91. The van der Waals surface area contributed by atoms with Gasteiger partial charge in [0, 0.05) is 31.3 Å². The minimum Gasteiger partial charge on any atom is -0.507 e. The number of aromatic hydroxyl groups is 1. The van der Waals surface area contributed by atoms with E-state index in [0.717, 1.165) is 12.0 Å². The van der Waals surface area contributed by atoms with Crippen LogP contribution in [0.25, 0.3) is 0 Å². The van der Waals surface area contributed by atoms with Gasteiger partial charge in [0.05, 0.1) is 18.1 Å². The van der Waals surface area contributed by atoms with Crippen molar-refractivity contribution in [2.75, 3.05) is 31.2 Å². The number of hydrogen-bond donors (Lipinski definition) is 1. The van der Waals surface area contributed by atoms with Crippen molar-refractivity contribution in [3.05, 3.63) is 23.8 Å². The summed E-state index contributed by atoms with van der Waals surface area (Å²) < 4.78 is 28.2. The molecule has 2 rings (SSSR count). The van der Waals surface area contributed by atoms with Crippen molar-refractivity contribution in [1.82, 2.24) is 4.90 Å². The molecule has 112 valence electrons.